The van der Waals surface area contributed by atoms with Gasteiger partial charge in [-0.3, -0.25) is 0 Å². The Bertz CT molecular complexity index is 724. The Balaban J connectivity index is 2.09. The van der Waals surface area contributed by atoms with Gasteiger partial charge in [-0.25, -0.2) is 21.1 Å². The fraction of sp³-hybridized carbons (Fsp3) is 0.538. The Morgan fingerprint density at radius 3 is 2.05 bits per heavy atom. The molecule has 0 atom stereocenters. The molecule has 0 unspecified atom stereocenters. The third-order valence-corrected chi connectivity index (χ3v) is 7.42. The normalized spacial score (nSPS) is 18.7. The molecule has 0 bridgehead atoms. The van der Waals surface area contributed by atoms with E-state index in [4.69, 9.17) is 11.6 Å². The van der Waals surface area contributed by atoms with Gasteiger partial charge in [-0.1, -0.05) is 11.6 Å². The molecule has 6 nitrogen and oxygen atoms in total. The predicted molar refractivity (Wildman–Crippen MR) is 85.8 cm³/mol. The van der Waals surface area contributed by atoms with Crippen molar-refractivity contribution in [1.29, 1.82) is 0 Å². The maximum Gasteiger partial charge on any atom is 0.243 e. The largest absolute Gasteiger partial charge is 0.243 e. The molecule has 9 heteroatoms. The highest BCUT2D eigenvalue weighted by Gasteiger charge is 2.32. The van der Waals surface area contributed by atoms with Gasteiger partial charge >= 0.3 is 0 Å². The monoisotopic (exact) mass is 366 g/mol. The molecule has 22 heavy (non-hydrogen) atoms. The first-order chi connectivity index (χ1) is 10.1. The number of hydrogen-bond acceptors (Lipinski definition) is 4. The van der Waals surface area contributed by atoms with E-state index in [9.17, 15) is 16.8 Å². The molecule has 0 amide bonds. The Kier molecular flexibility index (Phi) is 5.18. The van der Waals surface area contributed by atoms with E-state index in [0.29, 0.717) is 31.0 Å². The topological polar surface area (TPSA) is 74.8 Å². The van der Waals surface area contributed by atoms with Gasteiger partial charge in [-0.05, 0) is 37.1 Å². The molecular formula is C13H19ClN2O4S2. The van der Waals surface area contributed by atoms with Gasteiger partial charge in [0, 0.05) is 31.2 Å². The summed E-state index contributed by atoms with van der Waals surface area (Å²) in [5.41, 5.74) is 0. The highest BCUT2D eigenvalue weighted by atomic mass is 35.5. The first-order valence-corrected chi connectivity index (χ1v) is 10.5. The SMILES string of the molecule is CN(C1CCN(S(=O)(=O)c2ccc(Cl)cc2)CC1)S(C)(=O)=O. The summed E-state index contributed by atoms with van der Waals surface area (Å²) in [4.78, 5) is 0.201. The third-order valence-electron chi connectivity index (χ3n) is 3.91. The molecule has 124 valence electrons. The fourth-order valence-corrected chi connectivity index (χ4v) is 4.82. The third kappa shape index (κ3) is 3.80. The zero-order chi connectivity index (χ0) is 16.5. The number of rotatable bonds is 4. The summed E-state index contributed by atoms with van der Waals surface area (Å²) in [6.45, 7) is 0.602. The lowest BCUT2D eigenvalue weighted by Gasteiger charge is -2.34. The standard InChI is InChI=1S/C13H19ClN2O4S2/c1-15(21(2,17)18)12-7-9-16(10-8-12)22(19,20)13-5-3-11(14)4-6-13/h3-6,12H,7-10H2,1-2H3. The zero-order valence-electron chi connectivity index (χ0n) is 12.4. The second kappa shape index (κ2) is 6.45. The van der Waals surface area contributed by atoms with Gasteiger partial charge in [-0.15, -0.1) is 0 Å². The molecule has 0 aromatic heterocycles. The van der Waals surface area contributed by atoms with E-state index in [1.165, 1.54) is 27.8 Å². The lowest BCUT2D eigenvalue weighted by Crippen LogP contribution is -2.46. The van der Waals surface area contributed by atoms with Gasteiger partial charge in [0.25, 0.3) is 0 Å². The van der Waals surface area contributed by atoms with Crippen molar-refractivity contribution in [2.24, 2.45) is 0 Å². The lowest BCUT2D eigenvalue weighted by molar-refractivity contribution is 0.239. The molecule has 2 rings (SSSR count). The summed E-state index contributed by atoms with van der Waals surface area (Å²) in [7, 11) is -5.29. The molecule has 0 radical (unpaired) electrons. The molecular weight excluding hydrogens is 348 g/mol. The molecule has 0 N–H and O–H groups in total. The average molecular weight is 367 g/mol. The summed E-state index contributed by atoms with van der Waals surface area (Å²) in [6.07, 6.45) is 2.12. The first-order valence-electron chi connectivity index (χ1n) is 6.81. The molecule has 1 aromatic rings. The number of benzene rings is 1. The molecule has 1 aliphatic heterocycles. The van der Waals surface area contributed by atoms with Gasteiger partial charge < -0.3 is 0 Å². The predicted octanol–water partition coefficient (Wildman–Crippen LogP) is 1.38. The minimum Gasteiger partial charge on any atom is -0.213 e. The number of nitrogens with zero attached hydrogens (tertiary/aromatic N) is 2. The molecule has 1 aliphatic rings. The molecule has 1 fully saturated rings. The van der Waals surface area contributed by atoms with Crippen molar-refractivity contribution >= 4 is 31.6 Å². The van der Waals surface area contributed by atoms with E-state index in [2.05, 4.69) is 0 Å². The Morgan fingerprint density at radius 1 is 1.09 bits per heavy atom. The van der Waals surface area contributed by atoms with Crippen LogP contribution < -0.4 is 0 Å². The second-order valence-electron chi connectivity index (χ2n) is 5.37. The van der Waals surface area contributed by atoms with Crippen molar-refractivity contribution in [1.82, 2.24) is 8.61 Å². The summed E-state index contributed by atoms with van der Waals surface area (Å²) >= 11 is 5.77. The van der Waals surface area contributed by atoms with Crippen LogP contribution in [0.15, 0.2) is 29.2 Å². The van der Waals surface area contributed by atoms with Crippen LogP contribution in [0.4, 0.5) is 0 Å². The van der Waals surface area contributed by atoms with E-state index < -0.39 is 20.0 Å². The van der Waals surface area contributed by atoms with Crippen LogP contribution >= 0.6 is 11.6 Å². The highest BCUT2D eigenvalue weighted by molar-refractivity contribution is 7.89. The van der Waals surface area contributed by atoms with E-state index in [1.807, 2.05) is 0 Å². The summed E-state index contributed by atoms with van der Waals surface area (Å²) in [5.74, 6) is 0. The average Bonchev–Trinajstić information content (AvgIpc) is 2.46. The summed E-state index contributed by atoms with van der Waals surface area (Å²) in [6, 6.07) is 5.88. The van der Waals surface area contributed by atoms with Crippen LogP contribution in [0, 0.1) is 0 Å². The van der Waals surface area contributed by atoms with Crippen molar-refractivity contribution in [3.63, 3.8) is 0 Å². The van der Waals surface area contributed by atoms with Crippen molar-refractivity contribution < 1.29 is 16.8 Å². The lowest BCUT2D eigenvalue weighted by atomic mass is 10.1. The van der Waals surface area contributed by atoms with Crippen molar-refractivity contribution in [3.8, 4) is 0 Å². The Hall–Kier alpha value is -0.670. The van der Waals surface area contributed by atoms with Gasteiger partial charge in [0.05, 0.1) is 11.2 Å². The smallest absolute Gasteiger partial charge is 0.213 e. The van der Waals surface area contributed by atoms with Crippen LogP contribution in [-0.4, -0.2) is 57.9 Å². The molecule has 1 saturated heterocycles. The van der Waals surface area contributed by atoms with Crippen molar-refractivity contribution in [2.45, 2.75) is 23.8 Å². The maximum atomic E-state index is 12.5. The number of halogens is 1. The minimum absolute atomic E-state index is 0.160. The number of hydrogen-bond donors (Lipinski definition) is 0. The van der Waals surface area contributed by atoms with Crippen molar-refractivity contribution in [3.05, 3.63) is 29.3 Å². The van der Waals surface area contributed by atoms with E-state index >= 15 is 0 Å². The van der Waals surface area contributed by atoms with E-state index in [0.717, 1.165) is 6.26 Å². The molecule has 0 saturated carbocycles. The number of sulfonamides is 2. The molecule has 0 aliphatic carbocycles. The van der Waals surface area contributed by atoms with Crippen LogP contribution in [0.1, 0.15) is 12.8 Å². The van der Waals surface area contributed by atoms with Crippen LogP contribution in [0.25, 0.3) is 0 Å². The second-order valence-corrected chi connectivity index (χ2v) is 9.78. The van der Waals surface area contributed by atoms with Gasteiger partial charge in [0.2, 0.25) is 20.0 Å². The van der Waals surface area contributed by atoms with E-state index in [1.54, 1.807) is 12.1 Å². The fourth-order valence-electron chi connectivity index (χ4n) is 2.47. The number of piperidine rings is 1. The Labute approximate surface area is 136 Å². The molecule has 1 aromatic carbocycles. The van der Waals surface area contributed by atoms with Crippen molar-refractivity contribution in [2.75, 3.05) is 26.4 Å². The van der Waals surface area contributed by atoms with Crippen LogP contribution in [0.3, 0.4) is 0 Å². The van der Waals surface area contributed by atoms with E-state index in [-0.39, 0.29) is 10.9 Å². The van der Waals surface area contributed by atoms with Crippen LogP contribution in [-0.2, 0) is 20.0 Å². The molecule has 0 spiro atoms. The van der Waals surface area contributed by atoms with Crippen LogP contribution in [0.5, 0.6) is 0 Å². The first kappa shape index (κ1) is 17.7. The summed E-state index contributed by atoms with van der Waals surface area (Å²) < 4.78 is 50.8. The van der Waals surface area contributed by atoms with Gasteiger partial charge in [0.1, 0.15) is 0 Å². The molecule has 1 heterocycles. The summed E-state index contributed by atoms with van der Waals surface area (Å²) in [5, 5.41) is 0.479. The Morgan fingerprint density at radius 2 is 1.59 bits per heavy atom. The quantitative estimate of drug-likeness (QED) is 0.806. The van der Waals surface area contributed by atoms with Crippen LogP contribution in [0.2, 0.25) is 5.02 Å². The van der Waals surface area contributed by atoms with Gasteiger partial charge in [-0.2, -0.15) is 4.31 Å². The highest BCUT2D eigenvalue weighted by Crippen LogP contribution is 2.24. The zero-order valence-corrected chi connectivity index (χ0v) is 14.8. The maximum absolute atomic E-state index is 12.5. The minimum atomic E-state index is -3.56. The van der Waals surface area contributed by atoms with Gasteiger partial charge in [0.15, 0.2) is 0 Å².